The number of aryl methyl sites for hydroxylation is 1. The Morgan fingerprint density at radius 3 is 2.53 bits per heavy atom. The number of amides is 1. The summed E-state index contributed by atoms with van der Waals surface area (Å²) >= 11 is 0. The molecule has 166 valence electrons. The van der Waals surface area contributed by atoms with Crippen LogP contribution in [-0.4, -0.2) is 42.0 Å². The standard InChI is InChI=1S/C24H29N7O/c1-16-23(17(2)31(29-16)20-8-6-5-7-9-20)21-14-22(27-26-21)24(32)28-25-15-18-10-12-19(13-11-18)30(3)4/h5-13,15,21-22,26-27H,14H2,1-4H3,(H,28,32)/b25-15+. The van der Waals surface area contributed by atoms with Crippen LogP contribution in [0.1, 0.15) is 35.0 Å². The summed E-state index contributed by atoms with van der Waals surface area (Å²) in [4.78, 5) is 14.6. The number of anilines is 1. The zero-order chi connectivity index (χ0) is 22.7. The molecule has 8 nitrogen and oxygen atoms in total. The molecule has 1 fully saturated rings. The van der Waals surface area contributed by atoms with Crippen molar-refractivity contribution in [2.45, 2.75) is 32.4 Å². The number of carbonyl (C=O) groups is 1. The van der Waals surface area contributed by atoms with Gasteiger partial charge < -0.3 is 4.90 Å². The Labute approximate surface area is 188 Å². The van der Waals surface area contributed by atoms with Crippen molar-refractivity contribution in [3.05, 3.63) is 77.1 Å². The largest absolute Gasteiger partial charge is 0.378 e. The lowest BCUT2D eigenvalue weighted by Crippen LogP contribution is -2.41. The zero-order valence-electron chi connectivity index (χ0n) is 18.8. The third-order valence-corrected chi connectivity index (χ3v) is 5.71. The van der Waals surface area contributed by atoms with Crippen molar-refractivity contribution in [2.24, 2.45) is 5.10 Å². The predicted molar refractivity (Wildman–Crippen MR) is 127 cm³/mol. The van der Waals surface area contributed by atoms with Crippen LogP contribution in [0, 0.1) is 13.8 Å². The number of benzene rings is 2. The SMILES string of the molecule is Cc1nn(-c2ccccc2)c(C)c1C1CC(C(=O)N/N=C/c2ccc(N(C)C)cc2)NN1. The fraction of sp³-hybridized carbons (Fsp3) is 0.292. The van der Waals surface area contributed by atoms with E-state index >= 15 is 0 Å². The van der Waals surface area contributed by atoms with Crippen molar-refractivity contribution in [3.63, 3.8) is 0 Å². The molecular formula is C24H29N7O. The second-order valence-electron chi connectivity index (χ2n) is 8.18. The number of rotatable bonds is 6. The molecule has 32 heavy (non-hydrogen) atoms. The maximum absolute atomic E-state index is 12.6. The van der Waals surface area contributed by atoms with Gasteiger partial charge in [-0.2, -0.15) is 10.2 Å². The van der Waals surface area contributed by atoms with E-state index in [2.05, 4.69) is 28.3 Å². The van der Waals surface area contributed by atoms with Crippen molar-refractivity contribution in [2.75, 3.05) is 19.0 Å². The third kappa shape index (κ3) is 4.56. The normalized spacial score (nSPS) is 18.2. The average Bonchev–Trinajstić information content (AvgIpc) is 3.39. The molecule has 1 amide bonds. The molecule has 0 bridgehead atoms. The van der Waals surface area contributed by atoms with E-state index < -0.39 is 0 Å². The molecule has 0 aliphatic carbocycles. The van der Waals surface area contributed by atoms with E-state index in [4.69, 9.17) is 5.10 Å². The van der Waals surface area contributed by atoms with Crippen LogP contribution in [0.3, 0.4) is 0 Å². The highest BCUT2D eigenvalue weighted by Gasteiger charge is 2.33. The molecule has 8 heteroatoms. The summed E-state index contributed by atoms with van der Waals surface area (Å²) in [6.45, 7) is 4.06. The lowest BCUT2D eigenvalue weighted by molar-refractivity contribution is -0.122. The van der Waals surface area contributed by atoms with E-state index in [9.17, 15) is 4.79 Å². The molecule has 2 atom stereocenters. The molecule has 4 rings (SSSR count). The van der Waals surface area contributed by atoms with E-state index in [0.29, 0.717) is 6.42 Å². The Morgan fingerprint density at radius 2 is 1.84 bits per heavy atom. The molecule has 1 aromatic heterocycles. The van der Waals surface area contributed by atoms with E-state index in [0.717, 1.165) is 33.9 Å². The van der Waals surface area contributed by atoms with Gasteiger partial charge >= 0.3 is 0 Å². The lowest BCUT2D eigenvalue weighted by atomic mass is 10.00. The molecule has 1 aliphatic heterocycles. The minimum atomic E-state index is -0.382. The molecule has 2 unspecified atom stereocenters. The number of carbonyl (C=O) groups excluding carboxylic acids is 1. The molecule has 0 spiro atoms. The monoisotopic (exact) mass is 431 g/mol. The van der Waals surface area contributed by atoms with E-state index in [1.165, 1.54) is 0 Å². The summed E-state index contributed by atoms with van der Waals surface area (Å²) in [6, 6.07) is 17.6. The molecule has 3 aromatic rings. The topological polar surface area (TPSA) is 86.6 Å². The quantitative estimate of drug-likeness (QED) is 0.413. The van der Waals surface area contributed by atoms with E-state index in [1.807, 2.05) is 85.2 Å². The first-order valence-electron chi connectivity index (χ1n) is 10.7. The number of hydrogen-bond acceptors (Lipinski definition) is 6. The van der Waals surface area contributed by atoms with Crippen molar-refractivity contribution in [3.8, 4) is 5.69 Å². The molecule has 3 N–H and O–H groups in total. The summed E-state index contributed by atoms with van der Waals surface area (Å²) in [6.07, 6.45) is 2.26. The summed E-state index contributed by atoms with van der Waals surface area (Å²) in [7, 11) is 3.99. The summed E-state index contributed by atoms with van der Waals surface area (Å²) in [5.41, 5.74) is 15.2. The highest BCUT2D eigenvalue weighted by atomic mass is 16.2. The number of hydrogen-bond donors (Lipinski definition) is 3. The lowest BCUT2D eigenvalue weighted by Gasteiger charge is -2.11. The Morgan fingerprint density at radius 1 is 1.12 bits per heavy atom. The van der Waals surface area contributed by atoms with Gasteiger partial charge in [-0.15, -0.1) is 0 Å². The van der Waals surface area contributed by atoms with Gasteiger partial charge in [0.05, 0.1) is 23.6 Å². The summed E-state index contributed by atoms with van der Waals surface area (Å²) in [5.74, 6) is -0.174. The highest BCUT2D eigenvalue weighted by molar-refractivity contribution is 5.85. The molecular weight excluding hydrogens is 402 g/mol. The molecule has 1 saturated heterocycles. The van der Waals surface area contributed by atoms with Crippen LogP contribution in [0.2, 0.25) is 0 Å². The fourth-order valence-corrected chi connectivity index (χ4v) is 4.00. The second-order valence-corrected chi connectivity index (χ2v) is 8.18. The van der Waals surface area contributed by atoms with Crippen LogP contribution in [0.5, 0.6) is 0 Å². The molecule has 1 aliphatic rings. The van der Waals surface area contributed by atoms with Gasteiger partial charge in [-0.05, 0) is 50.1 Å². The highest BCUT2D eigenvalue weighted by Crippen LogP contribution is 2.29. The smallest absolute Gasteiger partial charge is 0.258 e. The van der Waals surface area contributed by atoms with Crippen molar-refractivity contribution in [1.29, 1.82) is 0 Å². The van der Waals surface area contributed by atoms with Gasteiger partial charge in [0, 0.05) is 31.0 Å². The van der Waals surface area contributed by atoms with Gasteiger partial charge in [0.1, 0.15) is 6.04 Å². The van der Waals surface area contributed by atoms with Gasteiger partial charge in [0.2, 0.25) is 0 Å². The Kier molecular flexibility index (Phi) is 6.34. The number of nitrogens with one attached hydrogen (secondary N) is 3. The van der Waals surface area contributed by atoms with Gasteiger partial charge in [-0.25, -0.2) is 21.0 Å². The minimum Gasteiger partial charge on any atom is -0.378 e. The van der Waals surface area contributed by atoms with Crippen LogP contribution >= 0.6 is 0 Å². The van der Waals surface area contributed by atoms with Crippen molar-refractivity contribution < 1.29 is 4.79 Å². The van der Waals surface area contributed by atoms with Crippen molar-refractivity contribution >= 4 is 17.8 Å². The average molecular weight is 432 g/mol. The van der Waals surface area contributed by atoms with Crippen LogP contribution in [-0.2, 0) is 4.79 Å². The van der Waals surface area contributed by atoms with Crippen LogP contribution < -0.4 is 21.2 Å². The number of nitrogens with zero attached hydrogens (tertiary/aromatic N) is 4. The predicted octanol–water partition coefficient (Wildman–Crippen LogP) is 2.61. The third-order valence-electron chi connectivity index (χ3n) is 5.71. The zero-order valence-corrected chi connectivity index (χ0v) is 18.8. The van der Waals surface area contributed by atoms with Crippen LogP contribution in [0.4, 0.5) is 5.69 Å². The second kappa shape index (κ2) is 9.33. The Bertz CT molecular complexity index is 1100. The van der Waals surface area contributed by atoms with E-state index in [1.54, 1.807) is 6.21 Å². The van der Waals surface area contributed by atoms with Gasteiger partial charge in [0.25, 0.3) is 5.91 Å². The van der Waals surface area contributed by atoms with Crippen LogP contribution in [0.15, 0.2) is 59.7 Å². The minimum absolute atomic E-state index is 0.00855. The molecule has 2 aromatic carbocycles. The first kappa shape index (κ1) is 21.7. The first-order chi connectivity index (χ1) is 15.4. The molecule has 0 radical (unpaired) electrons. The molecule has 0 saturated carbocycles. The van der Waals surface area contributed by atoms with E-state index in [-0.39, 0.29) is 18.0 Å². The Balaban J connectivity index is 1.38. The Hall–Kier alpha value is -3.49. The number of aromatic nitrogens is 2. The number of hydrazone groups is 1. The van der Waals surface area contributed by atoms with Gasteiger partial charge in [-0.3, -0.25) is 4.79 Å². The number of para-hydroxylation sites is 1. The maximum Gasteiger partial charge on any atom is 0.258 e. The maximum atomic E-state index is 12.6. The van der Waals surface area contributed by atoms with Crippen molar-refractivity contribution in [1.82, 2.24) is 26.1 Å². The van der Waals surface area contributed by atoms with Gasteiger partial charge in [-0.1, -0.05) is 30.3 Å². The first-order valence-corrected chi connectivity index (χ1v) is 10.7. The van der Waals surface area contributed by atoms with Gasteiger partial charge in [0.15, 0.2) is 0 Å². The summed E-state index contributed by atoms with van der Waals surface area (Å²) < 4.78 is 1.95. The fourth-order valence-electron chi connectivity index (χ4n) is 4.00. The number of hydrazine groups is 1. The molecule has 2 heterocycles. The van der Waals surface area contributed by atoms with Crippen LogP contribution in [0.25, 0.3) is 5.69 Å². The summed E-state index contributed by atoms with van der Waals surface area (Å²) in [5, 5.41) is 8.83.